The molecular formula is C61H37N3. The highest BCUT2D eigenvalue weighted by Crippen LogP contribution is 2.57. The smallest absolute Gasteiger partial charge is 0.160 e. The molecule has 0 saturated heterocycles. The molecule has 3 nitrogen and oxygen atoms in total. The summed E-state index contributed by atoms with van der Waals surface area (Å²) in [4.78, 5) is 10.3. The van der Waals surface area contributed by atoms with Crippen LogP contribution in [-0.4, -0.2) is 14.5 Å². The van der Waals surface area contributed by atoms with Gasteiger partial charge < -0.3 is 4.57 Å². The van der Waals surface area contributed by atoms with E-state index >= 15 is 0 Å². The summed E-state index contributed by atoms with van der Waals surface area (Å²) in [5.41, 5.74) is 19.8. The van der Waals surface area contributed by atoms with Crippen molar-refractivity contribution in [1.29, 1.82) is 0 Å². The summed E-state index contributed by atoms with van der Waals surface area (Å²) in [7, 11) is 0. The van der Waals surface area contributed by atoms with E-state index in [2.05, 4.69) is 229 Å². The first-order valence-electron chi connectivity index (χ1n) is 22.1. The van der Waals surface area contributed by atoms with E-state index in [1.54, 1.807) is 0 Å². The number of hydrogen-bond donors (Lipinski definition) is 0. The molecule has 0 aliphatic heterocycles. The van der Waals surface area contributed by atoms with E-state index in [1.165, 1.54) is 88.4 Å². The van der Waals surface area contributed by atoms with Gasteiger partial charge in [-0.05, 0) is 115 Å². The second-order valence-electron chi connectivity index (χ2n) is 17.3. The Hall–Kier alpha value is -8.40. The number of hydrogen-bond acceptors (Lipinski definition) is 2. The second-order valence-corrected chi connectivity index (χ2v) is 17.3. The third kappa shape index (κ3) is 4.86. The molecule has 2 aliphatic rings. The number of rotatable bonds is 5. The van der Waals surface area contributed by atoms with Crippen LogP contribution in [-0.2, 0) is 5.41 Å². The Labute approximate surface area is 370 Å². The monoisotopic (exact) mass is 811 g/mol. The molecule has 12 aromatic rings. The highest BCUT2D eigenvalue weighted by atomic mass is 15.0. The number of nitrogens with zero attached hydrogens (tertiary/aromatic N) is 3. The molecule has 0 bridgehead atoms. The molecule has 0 atom stereocenters. The predicted octanol–water partition coefficient (Wildman–Crippen LogP) is 15.2. The van der Waals surface area contributed by atoms with Crippen molar-refractivity contribution in [3.8, 4) is 61.7 Å². The molecule has 2 heterocycles. The quantitative estimate of drug-likeness (QED) is 0.173. The van der Waals surface area contributed by atoms with Crippen LogP contribution in [0, 0.1) is 0 Å². The number of benzene rings is 10. The Balaban J connectivity index is 0.884. The molecule has 3 heteroatoms. The van der Waals surface area contributed by atoms with E-state index in [-0.39, 0.29) is 0 Å². The number of fused-ring (bicyclic) bond motifs is 10. The summed E-state index contributed by atoms with van der Waals surface area (Å²) in [6.45, 7) is 0. The molecular weight excluding hydrogens is 775 g/mol. The SMILES string of the molecule is c1ccc(C2(c3ccccc3)c3ccccc3-c3ccc(-c4ccc5c(c4)c4ccccc4n5-c4ccc5cc(-c6nc7c8c(cccc8n6)-c6ccccc6-7)ccc5c4)cc32)cc1. The van der Waals surface area contributed by atoms with Gasteiger partial charge >= 0.3 is 0 Å². The third-order valence-electron chi connectivity index (χ3n) is 14.0. The molecule has 2 aromatic heterocycles. The maximum atomic E-state index is 5.19. The lowest BCUT2D eigenvalue weighted by molar-refractivity contribution is 0.769. The van der Waals surface area contributed by atoms with E-state index in [1.807, 2.05) is 0 Å². The van der Waals surface area contributed by atoms with Crippen LogP contribution in [0.3, 0.4) is 0 Å². The fraction of sp³-hybridized carbons (Fsp3) is 0.0164. The molecule has 14 rings (SSSR count). The number of aromatic nitrogens is 3. The highest BCUT2D eigenvalue weighted by molar-refractivity contribution is 6.13. The van der Waals surface area contributed by atoms with Gasteiger partial charge in [0.1, 0.15) is 0 Å². The van der Waals surface area contributed by atoms with Crippen LogP contribution in [0.15, 0.2) is 224 Å². The van der Waals surface area contributed by atoms with Crippen molar-refractivity contribution in [3.05, 3.63) is 247 Å². The zero-order chi connectivity index (χ0) is 41.9. The Kier molecular flexibility index (Phi) is 7.32. The van der Waals surface area contributed by atoms with Gasteiger partial charge in [0.15, 0.2) is 5.82 Å². The average Bonchev–Trinajstić information content (AvgIpc) is 3.98. The van der Waals surface area contributed by atoms with Crippen LogP contribution < -0.4 is 0 Å². The Morgan fingerprint density at radius 3 is 1.83 bits per heavy atom. The van der Waals surface area contributed by atoms with Crippen molar-refractivity contribution in [3.63, 3.8) is 0 Å². The van der Waals surface area contributed by atoms with Crippen molar-refractivity contribution in [2.75, 3.05) is 0 Å². The van der Waals surface area contributed by atoms with Crippen molar-refractivity contribution in [2.24, 2.45) is 0 Å². The maximum absolute atomic E-state index is 5.19. The summed E-state index contributed by atoms with van der Waals surface area (Å²) in [6.07, 6.45) is 0. The molecule has 0 saturated carbocycles. The Bertz CT molecular complexity index is 3860. The van der Waals surface area contributed by atoms with Crippen molar-refractivity contribution in [2.45, 2.75) is 5.41 Å². The topological polar surface area (TPSA) is 30.7 Å². The standard InChI is InChI=1S/C61H37N3/c1-3-14-43(15-4-1)61(44-16-5-2-6-17-44)53-23-11-9-19-47(53)48-32-29-41(37-54(48)61)40-30-33-57-52(36-40)49-20-10-12-25-56(49)64(57)45-31-28-38-34-42(27-26-39(38)35-45)60-62-55-24-13-22-50-46-18-7-8-21-51(46)59(63-60)58(50)55/h1-37H. The van der Waals surface area contributed by atoms with E-state index < -0.39 is 5.41 Å². The first-order valence-corrected chi connectivity index (χ1v) is 22.1. The highest BCUT2D eigenvalue weighted by Gasteiger charge is 2.46. The minimum absolute atomic E-state index is 0.448. The first kappa shape index (κ1) is 35.2. The lowest BCUT2D eigenvalue weighted by atomic mass is 9.67. The zero-order valence-corrected chi connectivity index (χ0v) is 34.7. The Morgan fingerprint density at radius 2 is 0.984 bits per heavy atom. The lowest BCUT2D eigenvalue weighted by Crippen LogP contribution is -2.28. The van der Waals surface area contributed by atoms with Crippen molar-refractivity contribution < 1.29 is 0 Å². The van der Waals surface area contributed by atoms with E-state index in [4.69, 9.17) is 9.97 Å². The minimum atomic E-state index is -0.448. The fourth-order valence-corrected chi connectivity index (χ4v) is 11.2. The van der Waals surface area contributed by atoms with Crippen molar-refractivity contribution >= 4 is 43.5 Å². The third-order valence-corrected chi connectivity index (χ3v) is 14.0. The van der Waals surface area contributed by atoms with Gasteiger partial charge in [-0.15, -0.1) is 0 Å². The molecule has 0 amide bonds. The van der Waals surface area contributed by atoms with Gasteiger partial charge in [0.2, 0.25) is 0 Å². The lowest BCUT2D eigenvalue weighted by Gasteiger charge is -2.34. The van der Waals surface area contributed by atoms with E-state index in [9.17, 15) is 0 Å². The van der Waals surface area contributed by atoms with Crippen LogP contribution in [0.25, 0.3) is 105 Å². The molecule has 0 unspecified atom stereocenters. The van der Waals surface area contributed by atoms with Crippen LogP contribution in [0.4, 0.5) is 0 Å². The molecule has 0 fully saturated rings. The largest absolute Gasteiger partial charge is 0.309 e. The molecule has 64 heavy (non-hydrogen) atoms. The molecule has 0 spiro atoms. The van der Waals surface area contributed by atoms with Gasteiger partial charge in [0.25, 0.3) is 0 Å². The predicted molar refractivity (Wildman–Crippen MR) is 264 cm³/mol. The fourth-order valence-electron chi connectivity index (χ4n) is 11.2. The van der Waals surface area contributed by atoms with Crippen LogP contribution in [0.2, 0.25) is 0 Å². The minimum Gasteiger partial charge on any atom is -0.309 e. The zero-order valence-electron chi connectivity index (χ0n) is 34.7. The molecule has 0 radical (unpaired) electrons. The second kappa shape index (κ2) is 13.3. The maximum Gasteiger partial charge on any atom is 0.160 e. The van der Waals surface area contributed by atoms with Crippen LogP contribution in [0.5, 0.6) is 0 Å². The van der Waals surface area contributed by atoms with Crippen LogP contribution >= 0.6 is 0 Å². The van der Waals surface area contributed by atoms with Gasteiger partial charge in [-0.25, -0.2) is 9.97 Å². The van der Waals surface area contributed by atoms with E-state index in [0.29, 0.717) is 0 Å². The first-order chi connectivity index (χ1) is 31.7. The summed E-state index contributed by atoms with van der Waals surface area (Å²) >= 11 is 0. The molecule has 10 aromatic carbocycles. The van der Waals surface area contributed by atoms with Gasteiger partial charge in [-0.2, -0.15) is 0 Å². The van der Waals surface area contributed by atoms with Gasteiger partial charge in [0, 0.05) is 33.0 Å². The summed E-state index contributed by atoms with van der Waals surface area (Å²) in [5.74, 6) is 0.749. The van der Waals surface area contributed by atoms with Crippen LogP contribution in [0.1, 0.15) is 22.3 Å². The molecule has 0 N–H and O–H groups in total. The summed E-state index contributed by atoms with van der Waals surface area (Å²) in [5, 5.41) is 5.93. The van der Waals surface area contributed by atoms with Gasteiger partial charge in [-0.3, -0.25) is 0 Å². The average molecular weight is 812 g/mol. The number of para-hydroxylation sites is 1. The Morgan fingerprint density at radius 1 is 0.359 bits per heavy atom. The molecule has 2 aliphatic carbocycles. The van der Waals surface area contributed by atoms with Crippen molar-refractivity contribution in [1.82, 2.24) is 14.5 Å². The van der Waals surface area contributed by atoms with E-state index in [0.717, 1.165) is 39.1 Å². The van der Waals surface area contributed by atoms with Gasteiger partial charge in [-0.1, -0.05) is 176 Å². The summed E-state index contributed by atoms with van der Waals surface area (Å²) < 4.78 is 2.42. The van der Waals surface area contributed by atoms with Gasteiger partial charge in [0.05, 0.1) is 27.7 Å². The summed E-state index contributed by atoms with van der Waals surface area (Å²) in [6, 6.07) is 82.4. The normalized spacial score (nSPS) is 13.1. The molecule has 296 valence electrons.